The van der Waals surface area contributed by atoms with Crippen LogP contribution < -0.4 is 4.74 Å². The zero-order valence-electron chi connectivity index (χ0n) is 9.37. The fourth-order valence-electron chi connectivity index (χ4n) is 1.27. The van der Waals surface area contributed by atoms with Crippen molar-refractivity contribution in [3.8, 4) is 5.75 Å². The van der Waals surface area contributed by atoms with Crippen LogP contribution >= 0.6 is 15.9 Å². The third kappa shape index (κ3) is 2.83. The van der Waals surface area contributed by atoms with Gasteiger partial charge in [-0.3, -0.25) is 0 Å². The van der Waals surface area contributed by atoms with Gasteiger partial charge in [-0.15, -0.1) is 10.2 Å². The molecule has 0 fully saturated rings. The summed E-state index contributed by atoms with van der Waals surface area (Å²) in [6.45, 7) is 0.121. The van der Waals surface area contributed by atoms with Crippen molar-refractivity contribution < 1.29 is 14.6 Å². The second kappa shape index (κ2) is 5.13. The van der Waals surface area contributed by atoms with Gasteiger partial charge in [-0.1, -0.05) is 0 Å². The number of aromatic nitrogens is 4. The molecule has 0 aliphatic rings. The molecule has 0 atom stereocenters. The van der Waals surface area contributed by atoms with E-state index >= 15 is 0 Å². The number of hydrogen-bond donors (Lipinski definition) is 1. The lowest BCUT2D eigenvalue weighted by molar-refractivity contribution is 0.0696. The molecule has 0 aliphatic carbocycles. The van der Waals surface area contributed by atoms with Crippen molar-refractivity contribution >= 4 is 21.9 Å². The van der Waals surface area contributed by atoms with Crippen LogP contribution in [0.15, 0.2) is 22.7 Å². The molecule has 0 radical (unpaired) electrons. The van der Waals surface area contributed by atoms with E-state index in [0.717, 1.165) is 0 Å². The lowest BCUT2D eigenvalue weighted by Gasteiger charge is -2.06. The van der Waals surface area contributed by atoms with Gasteiger partial charge in [0.25, 0.3) is 0 Å². The third-order valence-electron chi connectivity index (χ3n) is 2.08. The number of carboxylic acid groups (broad SMARTS) is 1. The first-order chi connectivity index (χ1) is 8.56. The SMILES string of the molecule is Cn1nnc(COc2cc(C(=O)O)ccc2Br)n1. The number of ether oxygens (including phenoxy) is 1. The first-order valence-electron chi connectivity index (χ1n) is 4.95. The fraction of sp³-hybridized carbons (Fsp3) is 0.200. The minimum Gasteiger partial charge on any atom is -0.484 e. The molecule has 1 aromatic heterocycles. The number of benzene rings is 1. The summed E-state index contributed by atoms with van der Waals surface area (Å²) in [5.41, 5.74) is 0.153. The maximum absolute atomic E-state index is 10.8. The predicted octanol–water partition coefficient (Wildman–Crippen LogP) is 1.25. The van der Waals surface area contributed by atoms with Crippen LogP contribution in [-0.4, -0.2) is 31.3 Å². The molecule has 0 amide bonds. The molecule has 1 aromatic carbocycles. The third-order valence-corrected chi connectivity index (χ3v) is 2.74. The molecule has 7 nitrogen and oxygen atoms in total. The van der Waals surface area contributed by atoms with E-state index in [2.05, 4.69) is 31.3 Å². The van der Waals surface area contributed by atoms with Crippen molar-refractivity contribution in [2.24, 2.45) is 7.05 Å². The van der Waals surface area contributed by atoms with E-state index < -0.39 is 5.97 Å². The number of carbonyl (C=O) groups is 1. The summed E-state index contributed by atoms with van der Waals surface area (Å²) < 4.78 is 6.10. The molecule has 18 heavy (non-hydrogen) atoms. The summed E-state index contributed by atoms with van der Waals surface area (Å²) in [5.74, 6) is -0.169. The Balaban J connectivity index is 2.13. The van der Waals surface area contributed by atoms with Crippen molar-refractivity contribution in [2.45, 2.75) is 6.61 Å². The van der Waals surface area contributed by atoms with Crippen LogP contribution in [-0.2, 0) is 13.7 Å². The number of carboxylic acids is 1. The molecule has 94 valence electrons. The van der Waals surface area contributed by atoms with Gasteiger partial charge in [0, 0.05) is 0 Å². The van der Waals surface area contributed by atoms with Crippen LogP contribution in [0.25, 0.3) is 0 Å². The smallest absolute Gasteiger partial charge is 0.335 e. The summed E-state index contributed by atoms with van der Waals surface area (Å²) in [6.07, 6.45) is 0. The molecule has 1 N–H and O–H groups in total. The molecule has 0 spiro atoms. The molecule has 1 heterocycles. The second-order valence-electron chi connectivity index (χ2n) is 3.43. The Kier molecular flexibility index (Phi) is 3.56. The zero-order chi connectivity index (χ0) is 13.1. The monoisotopic (exact) mass is 312 g/mol. The molecule has 2 rings (SSSR count). The lowest BCUT2D eigenvalue weighted by Crippen LogP contribution is -2.02. The van der Waals surface area contributed by atoms with Crippen molar-refractivity contribution in [1.82, 2.24) is 20.2 Å². The number of hydrogen-bond acceptors (Lipinski definition) is 5. The highest BCUT2D eigenvalue weighted by molar-refractivity contribution is 9.10. The summed E-state index contributed by atoms with van der Waals surface area (Å²) in [5, 5.41) is 20.3. The highest BCUT2D eigenvalue weighted by Gasteiger charge is 2.09. The van der Waals surface area contributed by atoms with E-state index in [4.69, 9.17) is 9.84 Å². The maximum Gasteiger partial charge on any atom is 0.335 e. The first kappa shape index (κ1) is 12.5. The topological polar surface area (TPSA) is 90.1 Å². The quantitative estimate of drug-likeness (QED) is 0.913. The summed E-state index contributed by atoms with van der Waals surface area (Å²) in [4.78, 5) is 12.2. The van der Waals surface area contributed by atoms with Gasteiger partial charge < -0.3 is 9.84 Å². The molecule has 8 heteroatoms. The Morgan fingerprint density at radius 3 is 2.94 bits per heavy atom. The summed E-state index contributed by atoms with van der Waals surface area (Å²) >= 11 is 3.28. The molecular weight excluding hydrogens is 304 g/mol. The summed E-state index contributed by atoms with van der Waals surface area (Å²) in [6, 6.07) is 4.53. The van der Waals surface area contributed by atoms with Gasteiger partial charge in [0.15, 0.2) is 6.61 Å². The average molecular weight is 313 g/mol. The molecule has 0 saturated heterocycles. The molecular formula is C10H9BrN4O3. The largest absolute Gasteiger partial charge is 0.484 e. The Bertz CT molecular complexity index is 584. The van der Waals surface area contributed by atoms with Crippen LogP contribution in [0.5, 0.6) is 5.75 Å². The molecule has 2 aromatic rings. The minimum absolute atomic E-state index is 0.121. The number of nitrogens with zero attached hydrogens (tertiary/aromatic N) is 4. The highest BCUT2D eigenvalue weighted by atomic mass is 79.9. The lowest BCUT2D eigenvalue weighted by atomic mass is 10.2. The van der Waals surface area contributed by atoms with Crippen LogP contribution in [0.1, 0.15) is 16.2 Å². The molecule has 0 saturated carbocycles. The fourth-order valence-corrected chi connectivity index (χ4v) is 1.63. The van der Waals surface area contributed by atoms with Gasteiger partial charge in [-0.25, -0.2) is 4.79 Å². The van der Waals surface area contributed by atoms with Gasteiger partial charge in [0.05, 0.1) is 17.1 Å². The zero-order valence-corrected chi connectivity index (χ0v) is 11.0. The molecule has 0 aliphatic heterocycles. The van der Waals surface area contributed by atoms with Crippen molar-refractivity contribution in [1.29, 1.82) is 0 Å². The Morgan fingerprint density at radius 2 is 2.33 bits per heavy atom. The van der Waals surface area contributed by atoms with Crippen LogP contribution in [0.2, 0.25) is 0 Å². The van der Waals surface area contributed by atoms with Crippen LogP contribution in [0.3, 0.4) is 0 Å². The van der Waals surface area contributed by atoms with E-state index in [1.165, 1.54) is 16.9 Å². The van der Waals surface area contributed by atoms with Crippen molar-refractivity contribution in [3.63, 3.8) is 0 Å². The normalized spacial score (nSPS) is 10.3. The Hall–Kier alpha value is -1.96. The van der Waals surface area contributed by atoms with Crippen LogP contribution in [0.4, 0.5) is 0 Å². The average Bonchev–Trinajstić information content (AvgIpc) is 2.74. The molecule has 0 bridgehead atoms. The highest BCUT2D eigenvalue weighted by Crippen LogP contribution is 2.26. The number of halogens is 1. The maximum atomic E-state index is 10.8. The number of rotatable bonds is 4. The Labute approximate surface area is 111 Å². The predicted molar refractivity (Wildman–Crippen MR) is 64.2 cm³/mol. The van der Waals surface area contributed by atoms with Crippen molar-refractivity contribution in [2.75, 3.05) is 0 Å². The first-order valence-corrected chi connectivity index (χ1v) is 5.74. The van der Waals surface area contributed by atoms with Gasteiger partial charge in [-0.2, -0.15) is 4.80 Å². The van der Waals surface area contributed by atoms with Crippen molar-refractivity contribution in [3.05, 3.63) is 34.1 Å². The van der Waals surface area contributed by atoms with Gasteiger partial charge in [0.1, 0.15) is 5.75 Å². The Morgan fingerprint density at radius 1 is 1.56 bits per heavy atom. The number of aryl methyl sites for hydroxylation is 1. The minimum atomic E-state index is -1.01. The van der Waals surface area contributed by atoms with Crippen LogP contribution in [0, 0.1) is 0 Å². The number of aromatic carboxylic acids is 1. The molecule has 0 unspecified atom stereocenters. The van der Waals surface area contributed by atoms with E-state index in [9.17, 15) is 4.79 Å². The van der Waals surface area contributed by atoms with E-state index in [-0.39, 0.29) is 12.2 Å². The summed E-state index contributed by atoms with van der Waals surface area (Å²) in [7, 11) is 1.65. The number of tetrazole rings is 1. The van der Waals surface area contributed by atoms with E-state index in [1.807, 2.05) is 0 Å². The standard InChI is InChI=1S/C10H9BrN4O3/c1-15-13-9(12-14-15)5-18-8-4-6(10(16)17)2-3-7(8)11/h2-4H,5H2,1H3,(H,16,17). The van der Waals surface area contributed by atoms with E-state index in [0.29, 0.717) is 16.0 Å². The van der Waals surface area contributed by atoms with E-state index in [1.54, 1.807) is 13.1 Å². The van der Waals surface area contributed by atoms with Gasteiger partial charge >= 0.3 is 5.97 Å². The second-order valence-corrected chi connectivity index (χ2v) is 4.29. The van der Waals surface area contributed by atoms with Gasteiger partial charge in [-0.05, 0) is 39.3 Å². The van der Waals surface area contributed by atoms with Gasteiger partial charge in [0.2, 0.25) is 5.82 Å².